The fraction of sp³-hybridized carbons (Fsp3) is 0.0714. The number of hydrogen-bond acceptors (Lipinski definition) is 3. The van der Waals surface area contributed by atoms with E-state index in [9.17, 15) is 17.6 Å². The minimum absolute atomic E-state index is 0.251. The Bertz CT molecular complexity index is 852. The van der Waals surface area contributed by atoms with Gasteiger partial charge in [-0.1, -0.05) is 15.9 Å². The summed E-state index contributed by atoms with van der Waals surface area (Å²) in [7, 11) is -4.23. The van der Waals surface area contributed by atoms with Crippen molar-refractivity contribution in [1.82, 2.24) is 0 Å². The van der Waals surface area contributed by atoms with Crippen molar-refractivity contribution in [3.05, 3.63) is 57.8 Å². The highest BCUT2D eigenvalue weighted by Gasteiger charge is 2.21. The number of sulfonamides is 1. The van der Waals surface area contributed by atoms with Crippen LogP contribution in [-0.2, 0) is 10.0 Å². The Balaban J connectivity index is 2.44. The zero-order valence-corrected chi connectivity index (χ0v) is 13.7. The number of aryl methyl sites for hydroxylation is 1. The van der Waals surface area contributed by atoms with Gasteiger partial charge in [-0.15, -0.1) is 0 Å². The molecule has 0 saturated carbocycles. The maximum atomic E-state index is 13.8. The predicted molar refractivity (Wildman–Crippen MR) is 83.0 cm³/mol. The average Bonchev–Trinajstić information content (AvgIpc) is 2.42. The van der Waals surface area contributed by atoms with E-state index in [2.05, 4.69) is 20.7 Å². The third-order valence-electron chi connectivity index (χ3n) is 2.88. The van der Waals surface area contributed by atoms with E-state index >= 15 is 0 Å². The summed E-state index contributed by atoms with van der Waals surface area (Å²) in [6.45, 7) is 1.77. The molecule has 0 amide bonds. The Kier molecular flexibility index (Phi) is 4.52. The van der Waals surface area contributed by atoms with Gasteiger partial charge in [-0.3, -0.25) is 4.72 Å². The van der Waals surface area contributed by atoms with E-state index in [0.29, 0.717) is 0 Å². The number of rotatable bonds is 4. The first kappa shape index (κ1) is 16.4. The van der Waals surface area contributed by atoms with E-state index in [1.165, 1.54) is 6.07 Å². The quantitative estimate of drug-likeness (QED) is 0.841. The van der Waals surface area contributed by atoms with Crippen LogP contribution in [0.3, 0.4) is 0 Å². The molecule has 2 aromatic rings. The Hall–Kier alpha value is -1.93. The fourth-order valence-corrected chi connectivity index (χ4v) is 3.16. The van der Waals surface area contributed by atoms with E-state index in [1.54, 1.807) is 19.1 Å². The van der Waals surface area contributed by atoms with Crippen molar-refractivity contribution >= 4 is 37.6 Å². The highest BCUT2D eigenvalue weighted by Crippen LogP contribution is 2.24. The molecule has 2 rings (SSSR count). The minimum atomic E-state index is -4.23. The first-order valence-electron chi connectivity index (χ1n) is 6.02. The maximum absolute atomic E-state index is 13.8. The molecular weight excluding hydrogens is 377 g/mol. The van der Waals surface area contributed by atoms with Gasteiger partial charge in [0.25, 0.3) is 10.0 Å². The summed E-state index contributed by atoms with van der Waals surface area (Å²) >= 11 is 3.29. The molecule has 0 aliphatic rings. The molecule has 0 radical (unpaired) electrons. The molecule has 0 atom stereocenters. The van der Waals surface area contributed by atoms with Gasteiger partial charge in [-0.05, 0) is 48.9 Å². The number of anilines is 1. The van der Waals surface area contributed by atoms with Gasteiger partial charge in [0.2, 0.25) is 0 Å². The van der Waals surface area contributed by atoms with Crippen molar-refractivity contribution in [3.63, 3.8) is 0 Å². The molecule has 5 nitrogen and oxygen atoms in total. The van der Waals surface area contributed by atoms with Crippen molar-refractivity contribution in [2.24, 2.45) is 0 Å². The molecule has 0 fully saturated rings. The number of benzene rings is 2. The lowest BCUT2D eigenvalue weighted by molar-refractivity contribution is 0.0696. The number of carboxylic acids is 1. The molecule has 22 heavy (non-hydrogen) atoms. The van der Waals surface area contributed by atoms with Crippen LogP contribution in [0.1, 0.15) is 15.9 Å². The molecule has 0 spiro atoms. The van der Waals surface area contributed by atoms with Crippen LogP contribution in [-0.4, -0.2) is 19.5 Å². The van der Waals surface area contributed by atoms with Crippen molar-refractivity contribution in [3.8, 4) is 0 Å². The summed E-state index contributed by atoms with van der Waals surface area (Å²) in [6.07, 6.45) is 0. The lowest BCUT2D eigenvalue weighted by Crippen LogP contribution is -2.15. The summed E-state index contributed by atoms with van der Waals surface area (Å²) in [4.78, 5) is 10.2. The number of aromatic carboxylic acids is 1. The van der Waals surface area contributed by atoms with Crippen molar-refractivity contribution in [1.29, 1.82) is 0 Å². The molecular formula is C14H11BrFNO4S. The molecule has 116 valence electrons. The van der Waals surface area contributed by atoms with Gasteiger partial charge in [-0.25, -0.2) is 17.6 Å². The molecule has 0 saturated heterocycles. The second-order valence-electron chi connectivity index (χ2n) is 4.52. The van der Waals surface area contributed by atoms with Crippen LogP contribution in [0, 0.1) is 12.7 Å². The van der Waals surface area contributed by atoms with E-state index in [-0.39, 0.29) is 11.3 Å². The number of halogens is 2. The third kappa shape index (κ3) is 3.45. The monoisotopic (exact) mass is 387 g/mol. The van der Waals surface area contributed by atoms with Crippen LogP contribution in [0.15, 0.2) is 45.8 Å². The number of nitrogens with one attached hydrogen (secondary N) is 1. The maximum Gasteiger partial charge on any atom is 0.335 e. The standard InChI is InChI=1S/C14H11BrFNO4S/c1-8-6-10(3-4-11(8)15)17-22(20,21)13-7-9(14(18)19)2-5-12(13)16/h2-7,17H,1H3,(H,18,19). The first-order valence-corrected chi connectivity index (χ1v) is 8.30. The van der Waals surface area contributed by atoms with Crippen LogP contribution < -0.4 is 4.72 Å². The molecule has 2 N–H and O–H groups in total. The largest absolute Gasteiger partial charge is 0.478 e. The lowest BCUT2D eigenvalue weighted by atomic mass is 10.2. The molecule has 0 aromatic heterocycles. The number of carboxylic acid groups (broad SMARTS) is 1. The molecule has 0 heterocycles. The summed E-state index contributed by atoms with van der Waals surface area (Å²) < 4.78 is 41.3. The SMILES string of the molecule is Cc1cc(NS(=O)(=O)c2cc(C(=O)O)ccc2F)ccc1Br. The van der Waals surface area contributed by atoms with Crippen molar-refractivity contribution < 1.29 is 22.7 Å². The second-order valence-corrected chi connectivity index (χ2v) is 7.02. The summed E-state index contributed by atoms with van der Waals surface area (Å²) in [5.41, 5.74) is 0.731. The fourth-order valence-electron chi connectivity index (χ4n) is 1.76. The highest BCUT2D eigenvalue weighted by molar-refractivity contribution is 9.10. The van der Waals surface area contributed by atoms with Crippen LogP contribution in [0.5, 0.6) is 0 Å². The molecule has 8 heteroatoms. The smallest absolute Gasteiger partial charge is 0.335 e. The molecule has 0 aliphatic heterocycles. The van der Waals surface area contributed by atoms with Gasteiger partial charge < -0.3 is 5.11 Å². The molecule has 0 unspecified atom stereocenters. The van der Waals surface area contributed by atoms with Crippen molar-refractivity contribution in [2.45, 2.75) is 11.8 Å². The zero-order chi connectivity index (χ0) is 16.5. The summed E-state index contributed by atoms with van der Waals surface area (Å²) in [5.74, 6) is -2.36. The number of carbonyl (C=O) groups is 1. The lowest BCUT2D eigenvalue weighted by Gasteiger charge is -2.10. The first-order chi connectivity index (χ1) is 10.2. The topological polar surface area (TPSA) is 83.5 Å². The average molecular weight is 388 g/mol. The van der Waals surface area contributed by atoms with Gasteiger partial charge in [-0.2, -0.15) is 0 Å². The van der Waals surface area contributed by atoms with Gasteiger partial charge in [0.1, 0.15) is 10.7 Å². The van der Waals surface area contributed by atoms with E-state index in [4.69, 9.17) is 5.11 Å². The third-order valence-corrected chi connectivity index (χ3v) is 5.16. The van der Waals surface area contributed by atoms with Gasteiger partial charge in [0.15, 0.2) is 0 Å². The van der Waals surface area contributed by atoms with Crippen LogP contribution in [0.2, 0.25) is 0 Å². The Morgan fingerprint density at radius 2 is 1.91 bits per heavy atom. The second kappa shape index (κ2) is 6.05. The van der Waals surface area contributed by atoms with Crippen LogP contribution in [0.25, 0.3) is 0 Å². The highest BCUT2D eigenvalue weighted by atomic mass is 79.9. The summed E-state index contributed by atoms with van der Waals surface area (Å²) in [6, 6.07) is 7.32. The van der Waals surface area contributed by atoms with E-state index in [0.717, 1.165) is 28.2 Å². The molecule has 0 bridgehead atoms. The predicted octanol–water partition coefficient (Wildman–Crippen LogP) is 3.40. The minimum Gasteiger partial charge on any atom is -0.478 e. The van der Waals surface area contributed by atoms with E-state index < -0.39 is 26.7 Å². The normalized spacial score (nSPS) is 11.2. The van der Waals surface area contributed by atoms with E-state index in [1.807, 2.05) is 0 Å². The van der Waals surface area contributed by atoms with Crippen molar-refractivity contribution in [2.75, 3.05) is 4.72 Å². The zero-order valence-electron chi connectivity index (χ0n) is 11.3. The summed E-state index contributed by atoms with van der Waals surface area (Å²) in [5, 5.41) is 8.88. The number of hydrogen-bond donors (Lipinski definition) is 2. The Labute approximate surface area is 135 Å². The Morgan fingerprint density at radius 3 is 2.50 bits per heavy atom. The van der Waals surface area contributed by atoms with Crippen LogP contribution in [0.4, 0.5) is 10.1 Å². The van der Waals surface area contributed by atoms with Gasteiger partial charge >= 0.3 is 5.97 Å². The molecule has 2 aromatic carbocycles. The Morgan fingerprint density at radius 1 is 1.23 bits per heavy atom. The molecule has 0 aliphatic carbocycles. The van der Waals surface area contributed by atoms with Gasteiger partial charge in [0, 0.05) is 10.2 Å². The van der Waals surface area contributed by atoms with Gasteiger partial charge in [0.05, 0.1) is 5.56 Å². The van der Waals surface area contributed by atoms with Crippen LogP contribution >= 0.6 is 15.9 Å².